The highest BCUT2D eigenvalue weighted by molar-refractivity contribution is 14.1. The summed E-state index contributed by atoms with van der Waals surface area (Å²) in [6.07, 6.45) is 6.41. The molecule has 0 radical (unpaired) electrons. The fourth-order valence-electron chi connectivity index (χ4n) is 1.77. The average molecular weight is 363 g/mol. The molecule has 1 rings (SSSR count). The van der Waals surface area contributed by atoms with Crippen molar-refractivity contribution >= 4 is 28.4 Å². The van der Waals surface area contributed by atoms with E-state index in [0.29, 0.717) is 9.39 Å². The minimum atomic E-state index is -0.0862. The molecular formula is C13H22IN3O. The van der Waals surface area contributed by atoms with Crippen LogP contribution in [0.5, 0.6) is 0 Å². The second-order valence-electron chi connectivity index (χ2n) is 5.37. The zero-order valence-electron chi connectivity index (χ0n) is 11.3. The molecule has 0 saturated heterocycles. The first-order valence-corrected chi connectivity index (χ1v) is 7.51. The van der Waals surface area contributed by atoms with Crippen LogP contribution in [0.25, 0.3) is 0 Å². The van der Waals surface area contributed by atoms with Crippen molar-refractivity contribution in [2.75, 3.05) is 11.9 Å². The van der Waals surface area contributed by atoms with Crippen molar-refractivity contribution in [3.05, 3.63) is 20.3 Å². The monoisotopic (exact) mass is 363 g/mol. The van der Waals surface area contributed by atoms with E-state index < -0.39 is 0 Å². The number of anilines is 1. The van der Waals surface area contributed by atoms with Gasteiger partial charge in [0.05, 0.1) is 6.33 Å². The van der Waals surface area contributed by atoms with Gasteiger partial charge in [-0.3, -0.25) is 4.79 Å². The normalized spacial score (nSPS) is 11.6. The van der Waals surface area contributed by atoms with Crippen molar-refractivity contribution in [2.24, 2.45) is 5.41 Å². The number of unbranched alkanes of at least 4 members (excludes halogenated alkanes) is 2. The molecule has 0 aliphatic carbocycles. The summed E-state index contributed by atoms with van der Waals surface area (Å²) in [6, 6.07) is 0. The van der Waals surface area contributed by atoms with Crippen molar-refractivity contribution < 1.29 is 0 Å². The lowest BCUT2D eigenvalue weighted by Gasteiger charge is -2.25. The largest absolute Gasteiger partial charge is 0.368 e. The molecule has 0 amide bonds. The Morgan fingerprint density at radius 1 is 1.44 bits per heavy atom. The molecule has 1 heterocycles. The number of hydrogen-bond donors (Lipinski definition) is 2. The van der Waals surface area contributed by atoms with Gasteiger partial charge in [-0.25, -0.2) is 4.98 Å². The highest BCUT2D eigenvalue weighted by Gasteiger charge is 2.18. The summed E-state index contributed by atoms with van der Waals surface area (Å²) in [5.41, 5.74) is 0.139. The standard InChI is InChI=1S/C13H22IN3O/c1-4-5-6-7-13(2,3)8-15-11-10(14)12(18)17-9-16-11/h9H,4-8H2,1-3H3,(H2,15,16,17,18). The fraction of sp³-hybridized carbons (Fsp3) is 0.692. The minimum absolute atomic E-state index is 0.0862. The van der Waals surface area contributed by atoms with Gasteiger partial charge in [-0.1, -0.05) is 40.0 Å². The van der Waals surface area contributed by atoms with Gasteiger partial charge >= 0.3 is 0 Å². The van der Waals surface area contributed by atoms with Crippen molar-refractivity contribution in [3.63, 3.8) is 0 Å². The highest BCUT2D eigenvalue weighted by Crippen LogP contribution is 2.24. The summed E-state index contributed by atoms with van der Waals surface area (Å²) >= 11 is 2.02. The van der Waals surface area contributed by atoms with Crippen LogP contribution in [0.4, 0.5) is 5.82 Å². The van der Waals surface area contributed by atoms with Crippen LogP contribution in [-0.2, 0) is 0 Å². The molecule has 0 aromatic carbocycles. The summed E-state index contributed by atoms with van der Waals surface area (Å²) in [5, 5.41) is 3.28. The van der Waals surface area contributed by atoms with Crippen molar-refractivity contribution in [1.29, 1.82) is 0 Å². The number of hydrogen-bond acceptors (Lipinski definition) is 3. The van der Waals surface area contributed by atoms with Gasteiger partial charge in [0.15, 0.2) is 0 Å². The van der Waals surface area contributed by atoms with Crippen LogP contribution in [0, 0.1) is 8.99 Å². The van der Waals surface area contributed by atoms with Crippen LogP contribution in [-0.4, -0.2) is 16.5 Å². The Hall–Kier alpha value is -0.590. The SMILES string of the molecule is CCCCCC(C)(C)CNc1nc[nH]c(=O)c1I. The van der Waals surface area contributed by atoms with Crippen LogP contribution in [0.15, 0.2) is 11.1 Å². The zero-order chi connectivity index (χ0) is 13.6. The summed E-state index contributed by atoms with van der Waals surface area (Å²) in [7, 11) is 0. The van der Waals surface area contributed by atoms with Gasteiger partial charge in [-0.2, -0.15) is 0 Å². The van der Waals surface area contributed by atoms with E-state index in [-0.39, 0.29) is 11.0 Å². The van der Waals surface area contributed by atoms with E-state index in [0.717, 1.165) is 6.54 Å². The number of aromatic nitrogens is 2. The highest BCUT2D eigenvalue weighted by atomic mass is 127. The number of aromatic amines is 1. The van der Waals surface area contributed by atoms with E-state index in [9.17, 15) is 4.79 Å². The summed E-state index contributed by atoms with van der Waals surface area (Å²) < 4.78 is 0.624. The second-order valence-corrected chi connectivity index (χ2v) is 6.45. The van der Waals surface area contributed by atoms with Gasteiger partial charge in [-0.05, 0) is 34.4 Å². The van der Waals surface area contributed by atoms with Crippen LogP contribution in [0.2, 0.25) is 0 Å². The van der Waals surface area contributed by atoms with E-state index in [2.05, 4.69) is 36.1 Å². The summed E-state index contributed by atoms with van der Waals surface area (Å²) in [4.78, 5) is 18.2. The lowest BCUT2D eigenvalue weighted by molar-refractivity contribution is 0.342. The molecule has 2 N–H and O–H groups in total. The van der Waals surface area contributed by atoms with Gasteiger partial charge in [0, 0.05) is 6.54 Å². The molecule has 0 atom stereocenters. The van der Waals surface area contributed by atoms with Crippen LogP contribution < -0.4 is 10.9 Å². The molecular weight excluding hydrogens is 341 g/mol. The lowest BCUT2D eigenvalue weighted by Crippen LogP contribution is -2.25. The molecule has 18 heavy (non-hydrogen) atoms. The molecule has 0 unspecified atom stereocenters. The Morgan fingerprint density at radius 3 is 2.83 bits per heavy atom. The lowest BCUT2D eigenvalue weighted by atomic mass is 9.87. The van der Waals surface area contributed by atoms with Gasteiger partial charge in [0.1, 0.15) is 9.39 Å². The minimum Gasteiger partial charge on any atom is -0.368 e. The third-order valence-corrected chi connectivity index (χ3v) is 3.99. The Bertz CT molecular complexity index is 428. The number of nitrogens with one attached hydrogen (secondary N) is 2. The maximum absolute atomic E-state index is 11.4. The van der Waals surface area contributed by atoms with E-state index in [4.69, 9.17) is 0 Å². The number of halogens is 1. The third-order valence-electron chi connectivity index (χ3n) is 2.99. The van der Waals surface area contributed by atoms with Gasteiger partial charge < -0.3 is 10.3 Å². The van der Waals surface area contributed by atoms with Crippen LogP contribution >= 0.6 is 22.6 Å². The molecule has 0 fully saturated rings. The molecule has 0 saturated carbocycles. The van der Waals surface area contributed by atoms with Gasteiger partial charge in [0.25, 0.3) is 5.56 Å². The molecule has 5 heteroatoms. The molecule has 0 aliphatic heterocycles. The number of nitrogens with zero attached hydrogens (tertiary/aromatic N) is 1. The van der Waals surface area contributed by atoms with E-state index >= 15 is 0 Å². The first-order valence-electron chi connectivity index (χ1n) is 6.43. The van der Waals surface area contributed by atoms with E-state index in [1.807, 2.05) is 22.6 Å². The molecule has 1 aromatic rings. The Balaban J connectivity index is 2.53. The average Bonchev–Trinajstić information content (AvgIpc) is 2.31. The quantitative estimate of drug-likeness (QED) is 0.577. The van der Waals surface area contributed by atoms with E-state index in [1.54, 1.807) is 0 Å². The Labute approximate surface area is 122 Å². The van der Waals surface area contributed by atoms with Crippen molar-refractivity contribution in [3.8, 4) is 0 Å². The smallest absolute Gasteiger partial charge is 0.266 e. The first kappa shape index (κ1) is 15.5. The summed E-state index contributed by atoms with van der Waals surface area (Å²) in [5.74, 6) is 0.683. The number of rotatable bonds is 7. The molecule has 4 nitrogen and oxygen atoms in total. The molecule has 0 aliphatic rings. The van der Waals surface area contributed by atoms with Crippen LogP contribution in [0.3, 0.4) is 0 Å². The maximum Gasteiger partial charge on any atom is 0.266 e. The summed E-state index contributed by atoms with van der Waals surface area (Å²) in [6.45, 7) is 7.54. The Morgan fingerprint density at radius 2 is 2.17 bits per heavy atom. The van der Waals surface area contributed by atoms with Crippen molar-refractivity contribution in [2.45, 2.75) is 46.5 Å². The number of H-pyrrole nitrogens is 1. The van der Waals surface area contributed by atoms with E-state index in [1.165, 1.54) is 32.0 Å². The molecule has 0 spiro atoms. The topological polar surface area (TPSA) is 57.8 Å². The van der Waals surface area contributed by atoms with Gasteiger partial charge in [0.2, 0.25) is 0 Å². The molecule has 1 aromatic heterocycles. The first-order chi connectivity index (χ1) is 8.46. The molecule has 0 bridgehead atoms. The maximum atomic E-state index is 11.4. The van der Waals surface area contributed by atoms with Gasteiger partial charge in [-0.15, -0.1) is 0 Å². The fourth-order valence-corrected chi connectivity index (χ4v) is 2.26. The zero-order valence-corrected chi connectivity index (χ0v) is 13.5. The van der Waals surface area contributed by atoms with Crippen LogP contribution in [0.1, 0.15) is 46.5 Å². The Kier molecular flexibility index (Phi) is 6.11. The third kappa shape index (κ3) is 4.96. The molecule has 102 valence electrons. The predicted octanol–water partition coefficient (Wildman–Crippen LogP) is 3.39. The van der Waals surface area contributed by atoms with Crippen molar-refractivity contribution in [1.82, 2.24) is 9.97 Å². The second kappa shape index (κ2) is 7.11. The predicted molar refractivity (Wildman–Crippen MR) is 84.0 cm³/mol.